The van der Waals surface area contributed by atoms with Crippen molar-refractivity contribution in [2.45, 2.75) is 20.8 Å². The fourth-order valence-electron chi connectivity index (χ4n) is 3.17. The summed E-state index contributed by atoms with van der Waals surface area (Å²) in [6, 6.07) is 18.9. The van der Waals surface area contributed by atoms with Crippen LogP contribution in [-0.4, -0.2) is 31.8 Å². The Hall–Kier alpha value is -4.20. The number of nitrogens with one attached hydrogen (secondary N) is 3. The zero-order valence-electron chi connectivity index (χ0n) is 19.5. The van der Waals surface area contributed by atoms with Gasteiger partial charge in [-0.1, -0.05) is 18.2 Å². The number of carbonyl (C=O) groups excluding carboxylic acids is 2. The molecule has 3 N–H and O–H groups in total. The summed E-state index contributed by atoms with van der Waals surface area (Å²) in [6.45, 7) is 6.87. The smallest absolute Gasteiger partial charge is 0.323 e. The first kappa shape index (κ1) is 24.4. The lowest BCUT2D eigenvalue weighted by molar-refractivity contribution is 0.102. The molecule has 0 unspecified atom stereocenters. The van der Waals surface area contributed by atoms with Gasteiger partial charge in [0.05, 0.1) is 19.8 Å². The van der Waals surface area contributed by atoms with Crippen LogP contribution in [0.4, 0.5) is 21.9 Å². The molecule has 178 valence electrons. The third-order valence-electron chi connectivity index (χ3n) is 4.60. The van der Waals surface area contributed by atoms with Gasteiger partial charge in [0, 0.05) is 22.6 Å². The largest absolute Gasteiger partial charge is 0.490 e. The third kappa shape index (κ3) is 6.65. The Labute approximate surface area is 199 Å². The summed E-state index contributed by atoms with van der Waals surface area (Å²) in [5.74, 6) is 1.05. The Morgan fingerprint density at radius 3 is 1.62 bits per heavy atom. The van der Waals surface area contributed by atoms with Gasteiger partial charge in [-0.05, 0) is 69.3 Å². The van der Waals surface area contributed by atoms with E-state index < -0.39 is 0 Å². The average Bonchev–Trinajstić information content (AvgIpc) is 2.83. The lowest BCUT2D eigenvalue weighted by Gasteiger charge is -2.17. The minimum atomic E-state index is -0.357. The number of benzene rings is 3. The highest BCUT2D eigenvalue weighted by Gasteiger charge is 2.18. The molecule has 34 heavy (non-hydrogen) atoms. The molecule has 3 rings (SSSR count). The molecule has 0 atom stereocenters. The predicted molar refractivity (Wildman–Crippen MR) is 133 cm³/mol. The fraction of sp³-hybridized carbons (Fsp3) is 0.231. The first-order chi connectivity index (χ1) is 16.5. The van der Waals surface area contributed by atoms with Crippen LogP contribution >= 0.6 is 0 Å². The maximum absolute atomic E-state index is 12.9. The minimum absolute atomic E-state index is 0.326. The van der Waals surface area contributed by atoms with Gasteiger partial charge >= 0.3 is 6.03 Å². The van der Waals surface area contributed by atoms with Gasteiger partial charge in [0.15, 0.2) is 11.5 Å². The van der Waals surface area contributed by atoms with Crippen LogP contribution < -0.4 is 30.2 Å². The summed E-state index contributed by atoms with van der Waals surface area (Å²) in [7, 11) is 0. The molecule has 8 heteroatoms. The van der Waals surface area contributed by atoms with Crippen LogP contribution in [0.1, 0.15) is 31.1 Å². The van der Waals surface area contributed by atoms with Gasteiger partial charge in [-0.25, -0.2) is 4.79 Å². The van der Waals surface area contributed by atoms with Crippen molar-refractivity contribution in [2.24, 2.45) is 0 Å². The normalized spacial score (nSPS) is 10.2. The quantitative estimate of drug-likeness (QED) is 0.354. The van der Waals surface area contributed by atoms with Crippen LogP contribution in [0, 0.1) is 0 Å². The van der Waals surface area contributed by atoms with E-state index in [4.69, 9.17) is 14.2 Å². The summed E-state index contributed by atoms with van der Waals surface area (Å²) in [5, 5.41) is 8.35. The van der Waals surface area contributed by atoms with Gasteiger partial charge in [0.25, 0.3) is 5.91 Å². The van der Waals surface area contributed by atoms with Gasteiger partial charge in [-0.3, -0.25) is 4.79 Å². The summed E-state index contributed by atoms with van der Waals surface area (Å²) in [6.07, 6.45) is 0. The first-order valence-electron chi connectivity index (χ1n) is 11.1. The lowest BCUT2D eigenvalue weighted by Crippen LogP contribution is -2.19. The second kappa shape index (κ2) is 12.2. The fourth-order valence-corrected chi connectivity index (χ4v) is 3.17. The monoisotopic (exact) mass is 463 g/mol. The average molecular weight is 464 g/mol. The Bertz CT molecular complexity index is 1070. The molecule has 8 nitrogen and oxygen atoms in total. The van der Waals surface area contributed by atoms with Gasteiger partial charge in [0.2, 0.25) is 5.75 Å². The van der Waals surface area contributed by atoms with Crippen LogP contribution in [-0.2, 0) is 0 Å². The molecule has 0 saturated carbocycles. The topological polar surface area (TPSA) is 97.9 Å². The van der Waals surface area contributed by atoms with Gasteiger partial charge in [-0.15, -0.1) is 0 Å². The molecular formula is C26H29N3O5. The Kier molecular flexibility index (Phi) is 8.73. The Morgan fingerprint density at radius 1 is 0.647 bits per heavy atom. The van der Waals surface area contributed by atoms with E-state index in [-0.39, 0.29) is 11.9 Å². The van der Waals surface area contributed by atoms with E-state index in [1.807, 2.05) is 39.0 Å². The molecular weight excluding hydrogens is 434 g/mol. The number of hydrogen-bond donors (Lipinski definition) is 3. The minimum Gasteiger partial charge on any atom is -0.490 e. The summed E-state index contributed by atoms with van der Waals surface area (Å²) in [5.41, 5.74) is 2.23. The van der Waals surface area contributed by atoms with Crippen molar-refractivity contribution >= 4 is 29.0 Å². The van der Waals surface area contributed by atoms with Crippen molar-refractivity contribution in [2.75, 3.05) is 35.8 Å². The number of rotatable bonds is 10. The highest BCUT2D eigenvalue weighted by Crippen LogP contribution is 2.39. The van der Waals surface area contributed by atoms with Crippen molar-refractivity contribution in [3.63, 3.8) is 0 Å². The van der Waals surface area contributed by atoms with E-state index in [0.717, 1.165) is 0 Å². The van der Waals surface area contributed by atoms with Crippen LogP contribution in [0.3, 0.4) is 0 Å². The number of urea groups is 1. The van der Waals surface area contributed by atoms with Crippen LogP contribution in [0.5, 0.6) is 17.2 Å². The van der Waals surface area contributed by atoms with Gasteiger partial charge < -0.3 is 30.2 Å². The van der Waals surface area contributed by atoms with Crippen molar-refractivity contribution < 1.29 is 23.8 Å². The molecule has 0 heterocycles. The molecule has 0 fully saturated rings. The first-order valence-corrected chi connectivity index (χ1v) is 11.1. The molecule has 0 radical (unpaired) electrons. The van der Waals surface area contributed by atoms with Crippen molar-refractivity contribution in [3.05, 3.63) is 72.3 Å². The molecule has 0 bridgehead atoms. The van der Waals surface area contributed by atoms with Crippen LogP contribution in [0.25, 0.3) is 0 Å². The van der Waals surface area contributed by atoms with Crippen molar-refractivity contribution in [3.8, 4) is 17.2 Å². The Balaban J connectivity index is 1.69. The molecule has 0 aromatic heterocycles. The van der Waals surface area contributed by atoms with Crippen LogP contribution in [0.15, 0.2) is 66.7 Å². The Morgan fingerprint density at radius 2 is 1.12 bits per heavy atom. The summed E-state index contributed by atoms with van der Waals surface area (Å²) >= 11 is 0. The molecule has 3 aromatic rings. The van der Waals surface area contributed by atoms with E-state index >= 15 is 0 Å². The maximum atomic E-state index is 12.9. The van der Waals surface area contributed by atoms with Crippen molar-refractivity contribution in [1.82, 2.24) is 0 Å². The van der Waals surface area contributed by atoms with Gasteiger partial charge in [-0.2, -0.15) is 0 Å². The lowest BCUT2D eigenvalue weighted by atomic mass is 10.1. The van der Waals surface area contributed by atoms with Gasteiger partial charge in [0.1, 0.15) is 0 Å². The second-order valence-corrected chi connectivity index (χ2v) is 7.08. The maximum Gasteiger partial charge on any atom is 0.323 e. The third-order valence-corrected chi connectivity index (χ3v) is 4.60. The summed E-state index contributed by atoms with van der Waals surface area (Å²) in [4.78, 5) is 25.1. The second-order valence-electron chi connectivity index (χ2n) is 7.08. The highest BCUT2D eigenvalue weighted by atomic mass is 16.5. The zero-order valence-corrected chi connectivity index (χ0v) is 19.5. The van der Waals surface area contributed by atoms with E-state index in [9.17, 15) is 9.59 Å². The molecule has 3 aromatic carbocycles. The molecule has 3 amide bonds. The number of para-hydroxylation sites is 1. The number of carbonyl (C=O) groups is 2. The van der Waals surface area contributed by atoms with E-state index in [2.05, 4.69) is 16.0 Å². The number of hydrogen-bond acceptors (Lipinski definition) is 5. The number of amides is 3. The summed E-state index contributed by atoms with van der Waals surface area (Å²) < 4.78 is 17.1. The van der Waals surface area contributed by atoms with E-state index in [0.29, 0.717) is 59.7 Å². The van der Waals surface area contributed by atoms with E-state index in [1.165, 1.54) is 0 Å². The molecule has 0 aliphatic rings. The predicted octanol–water partition coefficient (Wildman–Crippen LogP) is 5.78. The molecule has 0 saturated heterocycles. The molecule has 0 spiro atoms. The standard InChI is InChI=1S/C26H29N3O5/c1-4-32-22-16-18(17-23(33-5-2)24(22)34-6-3)25(30)27-20-12-14-21(15-13-20)29-26(31)28-19-10-8-7-9-11-19/h7-17H,4-6H2,1-3H3,(H,27,30)(H2,28,29,31). The number of anilines is 3. The zero-order chi connectivity index (χ0) is 24.3. The van der Waals surface area contributed by atoms with Crippen molar-refractivity contribution in [1.29, 1.82) is 0 Å². The molecule has 0 aliphatic carbocycles. The molecule has 0 aliphatic heterocycles. The van der Waals surface area contributed by atoms with E-state index in [1.54, 1.807) is 48.5 Å². The number of ether oxygens (including phenoxy) is 3. The highest BCUT2D eigenvalue weighted by molar-refractivity contribution is 6.05. The SMILES string of the molecule is CCOc1cc(C(=O)Nc2ccc(NC(=O)Nc3ccccc3)cc2)cc(OCC)c1OCC. The van der Waals surface area contributed by atoms with Crippen LogP contribution in [0.2, 0.25) is 0 Å².